The van der Waals surface area contributed by atoms with Gasteiger partial charge in [0.2, 0.25) is 5.91 Å². The van der Waals surface area contributed by atoms with Crippen LogP contribution in [0.1, 0.15) is 18.2 Å². The number of aliphatic hydroxyl groups is 1. The second kappa shape index (κ2) is 9.76. The summed E-state index contributed by atoms with van der Waals surface area (Å²) in [4.78, 5) is 19.3. The van der Waals surface area contributed by atoms with Crippen molar-refractivity contribution in [3.63, 3.8) is 0 Å². The van der Waals surface area contributed by atoms with Crippen molar-refractivity contribution in [1.82, 2.24) is 9.55 Å². The molecule has 0 unspecified atom stereocenters. The first-order valence-corrected chi connectivity index (χ1v) is 11.5. The largest absolute Gasteiger partial charge is 0.497 e. The van der Waals surface area contributed by atoms with Crippen molar-refractivity contribution in [1.29, 1.82) is 0 Å². The standard InChI is InChI=1S/C27H26FN3O4/c1-34-22-10-12-23(13-11-22)35-17-21(32)16-31-25-5-3-2-4-24(25)29-27(31)18-14-26(33)30(15-18)20-8-6-19(28)7-9-20/h2-13,18,21,32H,14-17H2,1H3/t18-,21-/m1/s1. The van der Waals surface area contributed by atoms with Crippen LogP contribution in [0.15, 0.2) is 72.8 Å². The fraction of sp³-hybridized carbons (Fsp3) is 0.259. The summed E-state index contributed by atoms with van der Waals surface area (Å²) in [7, 11) is 1.60. The molecule has 1 saturated heterocycles. The predicted octanol–water partition coefficient (Wildman–Crippen LogP) is 4.14. The van der Waals surface area contributed by atoms with E-state index < -0.39 is 6.10 Å². The van der Waals surface area contributed by atoms with Crippen molar-refractivity contribution in [2.24, 2.45) is 0 Å². The molecule has 0 radical (unpaired) electrons. The van der Waals surface area contributed by atoms with Crippen LogP contribution in [-0.4, -0.2) is 46.9 Å². The second-order valence-electron chi connectivity index (χ2n) is 8.59. The maximum Gasteiger partial charge on any atom is 0.227 e. The Morgan fingerprint density at radius 2 is 1.77 bits per heavy atom. The Balaban J connectivity index is 1.35. The quantitative estimate of drug-likeness (QED) is 0.415. The van der Waals surface area contributed by atoms with Crippen LogP contribution >= 0.6 is 0 Å². The minimum atomic E-state index is -0.793. The van der Waals surface area contributed by atoms with Gasteiger partial charge in [-0.15, -0.1) is 0 Å². The lowest BCUT2D eigenvalue weighted by Crippen LogP contribution is -2.26. The van der Waals surface area contributed by atoms with Crippen LogP contribution in [0, 0.1) is 5.82 Å². The van der Waals surface area contributed by atoms with Crippen molar-refractivity contribution in [2.45, 2.75) is 25.0 Å². The molecule has 1 fully saturated rings. The number of amides is 1. The number of hydrogen-bond acceptors (Lipinski definition) is 5. The van der Waals surface area contributed by atoms with Crippen molar-refractivity contribution in [2.75, 3.05) is 25.2 Å². The molecule has 1 amide bonds. The summed E-state index contributed by atoms with van der Waals surface area (Å²) in [6.45, 7) is 0.809. The number of nitrogens with zero attached hydrogens (tertiary/aromatic N) is 3. The minimum absolute atomic E-state index is 0.0383. The molecule has 0 aliphatic carbocycles. The summed E-state index contributed by atoms with van der Waals surface area (Å²) in [6.07, 6.45) is -0.502. The van der Waals surface area contributed by atoms with Crippen molar-refractivity contribution in [3.8, 4) is 11.5 Å². The SMILES string of the molecule is COc1ccc(OC[C@H](O)Cn2c([C@@H]3CC(=O)N(c4ccc(F)cc4)C3)nc3ccccc32)cc1. The first kappa shape index (κ1) is 22.9. The van der Waals surface area contributed by atoms with Gasteiger partial charge in [-0.05, 0) is 60.7 Å². The Kier molecular flexibility index (Phi) is 6.37. The van der Waals surface area contributed by atoms with Crippen LogP contribution in [0.25, 0.3) is 11.0 Å². The normalized spacial score (nSPS) is 16.6. The maximum atomic E-state index is 13.4. The highest BCUT2D eigenvalue weighted by atomic mass is 19.1. The molecule has 7 nitrogen and oxygen atoms in total. The number of anilines is 1. The Morgan fingerprint density at radius 1 is 1.06 bits per heavy atom. The van der Waals surface area contributed by atoms with Crippen molar-refractivity contribution < 1.29 is 23.8 Å². The molecule has 1 aromatic heterocycles. The summed E-state index contributed by atoms with van der Waals surface area (Å²) >= 11 is 0. The molecule has 8 heteroatoms. The molecular formula is C27H26FN3O4. The number of ether oxygens (including phenoxy) is 2. The highest BCUT2D eigenvalue weighted by Gasteiger charge is 2.35. The molecule has 1 N–H and O–H groups in total. The van der Waals surface area contributed by atoms with Gasteiger partial charge < -0.3 is 24.0 Å². The van der Waals surface area contributed by atoms with Gasteiger partial charge in [-0.2, -0.15) is 0 Å². The monoisotopic (exact) mass is 475 g/mol. The van der Waals surface area contributed by atoms with Crippen LogP contribution in [0.3, 0.4) is 0 Å². The van der Waals surface area contributed by atoms with E-state index in [0.29, 0.717) is 24.4 Å². The van der Waals surface area contributed by atoms with Gasteiger partial charge in [-0.1, -0.05) is 12.1 Å². The van der Waals surface area contributed by atoms with Crippen LogP contribution in [0.4, 0.5) is 10.1 Å². The van der Waals surface area contributed by atoms with Crippen LogP contribution in [0.5, 0.6) is 11.5 Å². The zero-order chi connectivity index (χ0) is 24.4. The second-order valence-corrected chi connectivity index (χ2v) is 8.59. The summed E-state index contributed by atoms with van der Waals surface area (Å²) in [5.41, 5.74) is 2.35. The Hall–Kier alpha value is -3.91. The molecule has 0 saturated carbocycles. The third-order valence-electron chi connectivity index (χ3n) is 6.21. The number of benzene rings is 3. The molecule has 3 aromatic carbocycles. The number of para-hydroxylation sites is 2. The average Bonchev–Trinajstić information content (AvgIpc) is 3.44. The van der Waals surface area contributed by atoms with Crippen LogP contribution < -0.4 is 14.4 Å². The van der Waals surface area contributed by atoms with E-state index in [9.17, 15) is 14.3 Å². The molecule has 180 valence electrons. The van der Waals surface area contributed by atoms with E-state index in [4.69, 9.17) is 14.5 Å². The average molecular weight is 476 g/mol. The number of hydrogen-bond donors (Lipinski definition) is 1. The van der Waals surface area contributed by atoms with Gasteiger partial charge in [0.1, 0.15) is 35.9 Å². The molecule has 1 aliphatic heterocycles. The third kappa shape index (κ3) is 4.83. The fourth-order valence-electron chi connectivity index (χ4n) is 4.48. The first-order valence-electron chi connectivity index (χ1n) is 11.5. The van der Waals surface area contributed by atoms with Crippen LogP contribution in [-0.2, 0) is 11.3 Å². The zero-order valence-electron chi connectivity index (χ0n) is 19.3. The molecular weight excluding hydrogens is 449 g/mol. The molecule has 2 heterocycles. The number of aromatic nitrogens is 2. The van der Waals surface area contributed by atoms with Gasteiger partial charge in [0.05, 0.1) is 24.7 Å². The maximum absolute atomic E-state index is 13.4. The number of imidazole rings is 1. The smallest absolute Gasteiger partial charge is 0.227 e. The summed E-state index contributed by atoms with van der Waals surface area (Å²) in [6, 6.07) is 20.8. The van der Waals surface area contributed by atoms with Crippen molar-refractivity contribution in [3.05, 3.63) is 84.4 Å². The molecule has 1 aliphatic rings. The third-order valence-corrected chi connectivity index (χ3v) is 6.21. The number of carbonyl (C=O) groups excluding carboxylic acids is 1. The number of halogens is 1. The van der Waals surface area contributed by atoms with E-state index in [1.807, 2.05) is 28.8 Å². The highest BCUT2D eigenvalue weighted by molar-refractivity contribution is 5.96. The van der Waals surface area contributed by atoms with Gasteiger partial charge in [0.25, 0.3) is 0 Å². The Bertz CT molecular complexity index is 1320. The number of carbonyl (C=O) groups is 1. The molecule has 0 spiro atoms. The lowest BCUT2D eigenvalue weighted by atomic mass is 10.1. The van der Waals surface area contributed by atoms with E-state index in [-0.39, 0.29) is 30.8 Å². The Labute approximate surface area is 202 Å². The van der Waals surface area contributed by atoms with E-state index in [0.717, 1.165) is 22.6 Å². The molecule has 35 heavy (non-hydrogen) atoms. The lowest BCUT2D eigenvalue weighted by molar-refractivity contribution is -0.117. The summed E-state index contributed by atoms with van der Waals surface area (Å²) < 4.78 is 26.2. The van der Waals surface area contributed by atoms with Crippen LogP contribution in [0.2, 0.25) is 0 Å². The Morgan fingerprint density at radius 3 is 2.51 bits per heavy atom. The van der Waals surface area contributed by atoms with E-state index >= 15 is 0 Å². The van der Waals surface area contributed by atoms with E-state index in [2.05, 4.69) is 0 Å². The predicted molar refractivity (Wildman–Crippen MR) is 130 cm³/mol. The highest BCUT2D eigenvalue weighted by Crippen LogP contribution is 2.33. The van der Waals surface area contributed by atoms with Gasteiger partial charge >= 0.3 is 0 Å². The van der Waals surface area contributed by atoms with Crippen molar-refractivity contribution >= 4 is 22.6 Å². The number of methoxy groups -OCH3 is 1. The molecule has 4 aromatic rings. The molecule has 2 atom stereocenters. The number of fused-ring (bicyclic) bond motifs is 1. The van der Waals surface area contributed by atoms with Gasteiger partial charge in [0.15, 0.2) is 0 Å². The molecule has 0 bridgehead atoms. The zero-order valence-corrected chi connectivity index (χ0v) is 19.3. The topological polar surface area (TPSA) is 76.8 Å². The number of rotatable bonds is 8. The van der Waals surface area contributed by atoms with E-state index in [1.54, 1.807) is 48.4 Å². The number of aliphatic hydroxyl groups excluding tert-OH is 1. The van der Waals surface area contributed by atoms with Gasteiger partial charge in [-0.3, -0.25) is 4.79 Å². The minimum Gasteiger partial charge on any atom is -0.497 e. The van der Waals surface area contributed by atoms with E-state index in [1.165, 1.54) is 12.1 Å². The fourth-order valence-corrected chi connectivity index (χ4v) is 4.48. The summed E-state index contributed by atoms with van der Waals surface area (Å²) in [5.74, 6) is 1.57. The van der Waals surface area contributed by atoms with Gasteiger partial charge in [0, 0.05) is 24.6 Å². The lowest BCUT2D eigenvalue weighted by Gasteiger charge is -2.19. The molecule has 5 rings (SSSR count). The first-order chi connectivity index (χ1) is 17.0. The summed E-state index contributed by atoms with van der Waals surface area (Å²) in [5, 5.41) is 10.8. The van der Waals surface area contributed by atoms with Gasteiger partial charge in [-0.25, -0.2) is 9.37 Å².